The molecule has 0 aliphatic carbocycles. The Bertz CT molecular complexity index is 710. The fourth-order valence-corrected chi connectivity index (χ4v) is 3.40. The van der Waals surface area contributed by atoms with Crippen LogP contribution in [0.25, 0.3) is 0 Å². The predicted molar refractivity (Wildman–Crippen MR) is 100 cm³/mol. The van der Waals surface area contributed by atoms with Crippen LogP contribution in [0.5, 0.6) is 5.75 Å². The van der Waals surface area contributed by atoms with E-state index in [4.69, 9.17) is 10.00 Å². The molecule has 0 saturated carbocycles. The summed E-state index contributed by atoms with van der Waals surface area (Å²) in [6, 6.07) is 8.29. The van der Waals surface area contributed by atoms with Crippen molar-refractivity contribution in [1.29, 1.82) is 5.26 Å². The third kappa shape index (κ3) is 5.13. The van der Waals surface area contributed by atoms with E-state index >= 15 is 0 Å². The maximum Gasteiger partial charge on any atom is 0.408 e. The van der Waals surface area contributed by atoms with Crippen LogP contribution in [-0.2, 0) is 4.79 Å². The number of carboxylic acid groups (broad SMARTS) is 1. The Balaban J connectivity index is 1.93. The number of ether oxygens (including phenoxy) is 1. The summed E-state index contributed by atoms with van der Waals surface area (Å²) in [6.07, 6.45) is 0.264. The number of nitrogens with zero attached hydrogens (tertiary/aromatic N) is 3. The fraction of sp³-hybridized carbons (Fsp3) is 0.550. The highest BCUT2D eigenvalue weighted by Crippen LogP contribution is 2.23. The van der Waals surface area contributed by atoms with Crippen molar-refractivity contribution in [3.05, 3.63) is 29.8 Å². The maximum absolute atomic E-state index is 12.8. The van der Waals surface area contributed by atoms with Gasteiger partial charge in [-0.25, -0.2) is 4.79 Å². The van der Waals surface area contributed by atoms with Gasteiger partial charge in [0, 0.05) is 31.5 Å². The SMILES string of the molecule is C[C@@H](C(=O)N1CCC(Oc2ccc(C#N)cc2)CC1)N(C(=O)O)C(C)(C)C. The summed E-state index contributed by atoms with van der Waals surface area (Å²) in [5, 5.41) is 18.3. The molecule has 2 amide bonds. The zero-order valence-electron chi connectivity index (χ0n) is 16.3. The molecule has 1 aromatic rings. The fourth-order valence-electron chi connectivity index (χ4n) is 3.40. The van der Waals surface area contributed by atoms with Gasteiger partial charge in [0.25, 0.3) is 0 Å². The molecule has 1 aromatic carbocycles. The Kier molecular flexibility index (Phi) is 6.32. The van der Waals surface area contributed by atoms with Crippen molar-refractivity contribution < 1.29 is 19.4 Å². The van der Waals surface area contributed by atoms with Crippen molar-refractivity contribution in [2.75, 3.05) is 13.1 Å². The molecule has 0 bridgehead atoms. The number of nitriles is 1. The number of amides is 2. The average molecular weight is 373 g/mol. The number of hydrogen-bond donors (Lipinski definition) is 1. The van der Waals surface area contributed by atoms with Crippen LogP contribution in [0.2, 0.25) is 0 Å². The minimum atomic E-state index is -1.10. The first-order chi connectivity index (χ1) is 12.6. The normalized spacial score (nSPS) is 16.3. The minimum absolute atomic E-state index is 0.00418. The molecule has 1 aliphatic rings. The third-order valence-corrected chi connectivity index (χ3v) is 4.71. The first-order valence-electron chi connectivity index (χ1n) is 9.11. The van der Waals surface area contributed by atoms with Crippen molar-refractivity contribution in [3.63, 3.8) is 0 Å². The van der Waals surface area contributed by atoms with Crippen LogP contribution >= 0.6 is 0 Å². The van der Waals surface area contributed by atoms with E-state index in [2.05, 4.69) is 6.07 Å². The lowest BCUT2D eigenvalue weighted by Crippen LogP contribution is -2.57. The van der Waals surface area contributed by atoms with E-state index in [1.165, 1.54) is 4.90 Å². The van der Waals surface area contributed by atoms with Gasteiger partial charge in [0.05, 0.1) is 11.6 Å². The summed E-state index contributed by atoms with van der Waals surface area (Å²) in [4.78, 5) is 27.3. The number of likely N-dealkylation sites (tertiary alicyclic amines) is 1. The zero-order chi connectivity index (χ0) is 20.2. The highest BCUT2D eigenvalue weighted by molar-refractivity contribution is 5.85. The van der Waals surface area contributed by atoms with Gasteiger partial charge < -0.3 is 14.7 Å². The molecule has 1 fully saturated rings. The van der Waals surface area contributed by atoms with Gasteiger partial charge in [-0.1, -0.05) is 0 Å². The summed E-state index contributed by atoms with van der Waals surface area (Å²) < 4.78 is 5.93. The lowest BCUT2D eigenvalue weighted by atomic mass is 10.0. The van der Waals surface area contributed by atoms with Gasteiger partial charge in [-0.2, -0.15) is 5.26 Å². The number of carbonyl (C=O) groups is 2. The van der Waals surface area contributed by atoms with Gasteiger partial charge in [0.2, 0.25) is 5.91 Å². The molecule has 7 nitrogen and oxygen atoms in total. The second-order valence-corrected chi connectivity index (χ2v) is 7.78. The zero-order valence-corrected chi connectivity index (χ0v) is 16.3. The van der Waals surface area contributed by atoms with Crippen LogP contribution in [0.15, 0.2) is 24.3 Å². The lowest BCUT2D eigenvalue weighted by Gasteiger charge is -2.40. The number of rotatable bonds is 4. The van der Waals surface area contributed by atoms with E-state index in [-0.39, 0.29) is 12.0 Å². The quantitative estimate of drug-likeness (QED) is 0.875. The number of benzene rings is 1. The van der Waals surface area contributed by atoms with Crippen LogP contribution in [0, 0.1) is 11.3 Å². The van der Waals surface area contributed by atoms with Crippen molar-refractivity contribution in [1.82, 2.24) is 9.80 Å². The highest BCUT2D eigenvalue weighted by Gasteiger charge is 2.37. The topological polar surface area (TPSA) is 93.9 Å². The number of piperidine rings is 1. The monoisotopic (exact) mass is 373 g/mol. The first-order valence-corrected chi connectivity index (χ1v) is 9.11. The lowest BCUT2D eigenvalue weighted by molar-refractivity contribution is -0.139. The molecule has 0 radical (unpaired) electrons. The van der Waals surface area contributed by atoms with E-state index in [0.717, 1.165) is 0 Å². The second kappa shape index (κ2) is 8.30. The third-order valence-electron chi connectivity index (χ3n) is 4.71. The van der Waals surface area contributed by atoms with Crippen LogP contribution in [0.1, 0.15) is 46.1 Å². The van der Waals surface area contributed by atoms with E-state index in [1.807, 2.05) is 0 Å². The van der Waals surface area contributed by atoms with E-state index in [9.17, 15) is 14.7 Å². The molecule has 27 heavy (non-hydrogen) atoms. The van der Waals surface area contributed by atoms with Crippen LogP contribution in [-0.4, -0.2) is 57.7 Å². The minimum Gasteiger partial charge on any atom is -0.490 e. The molecule has 7 heteroatoms. The van der Waals surface area contributed by atoms with E-state index < -0.39 is 17.7 Å². The van der Waals surface area contributed by atoms with Gasteiger partial charge in [0.15, 0.2) is 0 Å². The first kappa shape index (κ1) is 20.6. The predicted octanol–water partition coefficient (Wildman–Crippen LogP) is 3.10. The Morgan fingerprint density at radius 1 is 1.26 bits per heavy atom. The molecule has 1 aliphatic heterocycles. The Hall–Kier alpha value is -2.75. The largest absolute Gasteiger partial charge is 0.490 e. The number of hydrogen-bond acceptors (Lipinski definition) is 4. The summed E-state index contributed by atoms with van der Waals surface area (Å²) in [6.45, 7) is 8.04. The molecule has 0 spiro atoms. The molecule has 146 valence electrons. The van der Waals surface area contributed by atoms with E-state index in [0.29, 0.717) is 37.2 Å². The van der Waals surface area contributed by atoms with E-state index in [1.54, 1.807) is 56.9 Å². The van der Waals surface area contributed by atoms with Crippen LogP contribution in [0.3, 0.4) is 0 Å². The Morgan fingerprint density at radius 2 is 1.81 bits per heavy atom. The molecular formula is C20H27N3O4. The van der Waals surface area contributed by atoms with Gasteiger partial charge in [-0.3, -0.25) is 9.69 Å². The molecule has 0 aromatic heterocycles. The Labute approximate surface area is 160 Å². The molecule has 1 atom stereocenters. The number of carbonyl (C=O) groups excluding carboxylic acids is 1. The second-order valence-electron chi connectivity index (χ2n) is 7.78. The van der Waals surface area contributed by atoms with Crippen molar-refractivity contribution >= 4 is 12.0 Å². The molecule has 1 saturated heterocycles. The summed E-state index contributed by atoms with van der Waals surface area (Å²) in [7, 11) is 0. The summed E-state index contributed by atoms with van der Waals surface area (Å²) >= 11 is 0. The molecular weight excluding hydrogens is 346 g/mol. The summed E-state index contributed by atoms with van der Waals surface area (Å²) in [5.41, 5.74) is -0.0728. The standard InChI is InChI=1S/C20H27N3O4/c1-14(23(19(25)26)20(2,3)4)18(24)22-11-9-17(10-12-22)27-16-7-5-15(13-21)6-8-16/h5-8,14,17H,9-12H2,1-4H3,(H,25,26)/t14-/m0/s1. The Morgan fingerprint density at radius 3 is 2.26 bits per heavy atom. The van der Waals surface area contributed by atoms with Gasteiger partial charge >= 0.3 is 6.09 Å². The van der Waals surface area contributed by atoms with Gasteiger partial charge in [-0.05, 0) is 52.0 Å². The highest BCUT2D eigenvalue weighted by atomic mass is 16.5. The van der Waals surface area contributed by atoms with Crippen molar-refractivity contribution in [2.45, 2.75) is 58.2 Å². The van der Waals surface area contributed by atoms with Gasteiger partial charge in [-0.15, -0.1) is 0 Å². The molecule has 1 heterocycles. The van der Waals surface area contributed by atoms with Crippen LogP contribution in [0.4, 0.5) is 4.79 Å². The average Bonchev–Trinajstić information content (AvgIpc) is 2.61. The van der Waals surface area contributed by atoms with Crippen molar-refractivity contribution in [3.8, 4) is 11.8 Å². The van der Waals surface area contributed by atoms with Gasteiger partial charge in [0.1, 0.15) is 17.9 Å². The molecule has 2 rings (SSSR count). The smallest absolute Gasteiger partial charge is 0.408 e. The molecule has 0 unspecified atom stereocenters. The maximum atomic E-state index is 12.8. The summed E-state index contributed by atoms with van der Waals surface area (Å²) in [5.74, 6) is 0.529. The molecule has 1 N–H and O–H groups in total. The van der Waals surface area contributed by atoms with Crippen molar-refractivity contribution in [2.24, 2.45) is 0 Å². The van der Waals surface area contributed by atoms with Crippen LogP contribution < -0.4 is 4.74 Å².